The van der Waals surface area contributed by atoms with Gasteiger partial charge >= 0.3 is 0 Å². The lowest BCUT2D eigenvalue weighted by molar-refractivity contribution is 0.0339. The van der Waals surface area contributed by atoms with Crippen molar-refractivity contribution in [3.05, 3.63) is 65.2 Å². The number of amides is 1. The molecule has 1 aliphatic heterocycles. The van der Waals surface area contributed by atoms with Crippen LogP contribution in [0, 0.1) is 19.3 Å². The maximum atomic E-state index is 14.2. The number of hydrogen-bond acceptors (Lipinski definition) is 6. The molecule has 1 aromatic heterocycles. The van der Waals surface area contributed by atoms with E-state index in [4.69, 9.17) is 14.7 Å². The molecule has 2 aliphatic carbocycles. The van der Waals surface area contributed by atoms with E-state index in [9.17, 15) is 9.18 Å². The molecule has 3 aromatic rings. The predicted octanol–water partition coefficient (Wildman–Crippen LogP) is 7.56. The van der Waals surface area contributed by atoms with Gasteiger partial charge in [0.15, 0.2) is 0 Å². The number of anilines is 1. The lowest BCUT2D eigenvalue weighted by Crippen LogP contribution is -2.51. The molecule has 2 saturated carbocycles. The molecule has 0 radical (unpaired) electrons. The Bertz CT molecular complexity index is 1370. The minimum absolute atomic E-state index is 0.00544. The van der Waals surface area contributed by atoms with E-state index in [0.29, 0.717) is 23.8 Å². The molecule has 210 valence electrons. The number of carbonyl (C=O) groups is 1. The highest BCUT2D eigenvalue weighted by Gasteiger charge is 2.47. The van der Waals surface area contributed by atoms with Crippen molar-refractivity contribution in [3.8, 4) is 17.1 Å². The Morgan fingerprint density at radius 2 is 1.80 bits per heavy atom. The molecule has 2 fully saturated rings. The summed E-state index contributed by atoms with van der Waals surface area (Å²) < 4.78 is 24.0. The molecule has 40 heavy (non-hydrogen) atoms. The number of benzene rings is 2. The zero-order valence-electron chi connectivity index (χ0n) is 23.3. The number of nitrogens with zero attached hydrogens (tertiary/aromatic N) is 3. The zero-order valence-corrected chi connectivity index (χ0v) is 24.1. The van der Waals surface area contributed by atoms with Crippen LogP contribution in [0.2, 0.25) is 0 Å². The fraction of sp³-hybridized carbons (Fsp3) is 0.469. The van der Waals surface area contributed by atoms with Crippen LogP contribution in [0.3, 0.4) is 0 Å². The van der Waals surface area contributed by atoms with Crippen molar-refractivity contribution >= 4 is 23.8 Å². The van der Waals surface area contributed by atoms with Gasteiger partial charge in [0.05, 0.1) is 18.4 Å². The van der Waals surface area contributed by atoms with Gasteiger partial charge in [-0.15, -0.1) is 0 Å². The van der Waals surface area contributed by atoms with Gasteiger partial charge in [0.25, 0.3) is 5.91 Å². The molecule has 1 amide bonds. The van der Waals surface area contributed by atoms with Crippen LogP contribution in [-0.2, 0) is 0 Å². The second-order valence-corrected chi connectivity index (χ2v) is 12.6. The fourth-order valence-electron chi connectivity index (χ4n) is 6.31. The van der Waals surface area contributed by atoms with Gasteiger partial charge in [-0.25, -0.2) is 4.98 Å². The number of carbonyl (C=O) groups excluding carboxylic acids is 1. The normalized spacial score (nSPS) is 20.9. The lowest BCUT2D eigenvalue weighted by atomic mass is 9.90. The molecule has 1 atom stereocenters. The second-order valence-electron chi connectivity index (χ2n) is 11.7. The van der Waals surface area contributed by atoms with Crippen molar-refractivity contribution in [2.45, 2.75) is 82.2 Å². The van der Waals surface area contributed by atoms with Gasteiger partial charge in [0.2, 0.25) is 11.8 Å². The highest BCUT2D eigenvalue weighted by molar-refractivity contribution is 8.00. The summed E-state index contributed by atoms with van der Waals surface area (Å²) in [6.45, 7) is 4.06. The van der Waals surface area contributed by atoms with Crippen LogP contribution in [0.1, 0.15) is 72.9 Å². The number of aromatic nitrogens is 2. The van der Waals surface area contributed by atoms with Gasteiger partial charge in [-0.2, -0.15) is 4.98 Å². The average Bonchev–Trinajstić information content (AvgIpc) is 3.75. The fourth-order valence-corrected chi connectivity index (χ4v) is 6.95. The first-order chi connectivity index (χ1) is 19.4. The van der Waals surface area contributed by atoms with Crippen LogP contribution < -0.4 is 9.46 Å². The SMILES string of the molecule is Cc1cccc(C)c1-c1cc2nc(n1)NSc1cccc(c1)C(=O)N(C1CCCCC1)[C@H](CC1(CF)CC1)CO2. The molecule has 0 unspecified atom stereocenters. The molecule has 3 aliphatic rings. The van der Waals surface area contributed by atoms with Crippen molar-refractivity contribution in [1.82, 2.24) is 14.9 Å². The van der Waals surface area contributed by atoms with E-state index in [1.165, 1.54) is 18.4 Å². The van der Waals surface area contributed by atoms with E-state index < -0.39 is 0 Å². The summed E-state index contributed by atoms with van der Waals surface area (Å²) in [5, 5.41) is 0. The Labute approximate surface area is 240 Å². The number of aryl methyl sites for hydroxylation is 2. The van der Waals surface area contributed by atoms with E-state index in [1.54, 1.807) is 0 Å². The molecular weight excluding hydrogens is 523 g/mol. The average molecular weight is 561 g/mol. The minimum Gasteiger partial charge on any atom is -0.475 e. The Hall–Kier alpha value is -3.13. The molecule has 0 spiro atoms. The van der Waals surface area contributed by atoms with Crippen LogP contribution in [0.25, 0.3) is 11.3 Å². The highest BCUT2D eigenvalue weighted by Crippen LogP contribution is 2.51. The summed E-state index contributed by atoms with van der Waals surface area (Å²) in [6, 6.07) is 15.7. The first-order valence-electron chi connectivity index (χ1n) is 14.4. The quantitative estimate of drug-likeness (QED) is 0.325. The van der Waals surface area contributed by atoms with Crippen LogP contribution in [0.4, 0.5) is 10.3 Å². The molecule has 2 aromatic carbocycles. The van der Waals surface area contributed by atoms with Gasteiger partial charge in [0.1, 0.15) is 6.61 Å². The largest absolute Gasteiger partial charge is 0.475 e. The number of fused-ring (bicyclic) bond motifs is 4. The molecular formula is C32H37FN4O2S. The summed E-state index contributed by atoms with van der Waals surface area (Å²) >= 11 is 1.38. The van der Waals surface area contributed by atoms with Crippen LogP contribution in [0.5, 0.6) is 5.88 Å². The van der Waals surface area contributed by atoms with E-state index in [2.05, 4.69) is 35.6 Å². The summed E-state index contributed by atoms with van der Waals surface area (Å²) in [5.41, 5.74) is 4.38. The Morgan fingerprint density at radius 1 is 1.05 bits per heavy atom. The van der Waals surface area contributed by atoms with Crippen LogP contribution >= 0.6 is 11.9 Å². The van der Waals surface area contributed by atoms with E-state index in [1.807, 2.05) is 36.4 Å². The van der Waals surface area contributed by atoms with Gasteiger partial charge in [-0.3, -0.25) is 13.9 Å². The number of ether oxygens (including phenoxy) is 1. The molecule has 6 nitrogen and oxygen atoms in total. The van der Waals surface area contributed by atoms with Crippen molar-refractivity contribution in [1.29, 1.82) is 0 Å². The number of halogens is 1. The van der Waals surface area contributed by atoms with E-state index in [0.717, 1.165) is 65.8 Å². The van der Waals surface area contributed by atoms with Crippen molar-refractivity contribution in [2.75, 3.05) is 18.0 Å². The molecule has 6 rings (SSSR count). The van der Waals surface area contributed by atoms with Gasteiger partial charge in [0, 0.05) is 33.5 Å². The summed E-state index contributed by atoms with van der Waals surface area (Å²) in [6.07, 6.45) is 7.64. The standard InChI is InChI=1S/C32H37FN4O2S/c1-21-8-6-9-22(2)29(21)27-17-28-35-31(34-27)36-40-26-13-7-10-23(16-26)30(38)37(24-11-4-3-5-12-24)25(19-39-28)18-32(20-33)14-15-32/h6-10,13,16-17,24-25H,3-5,11-12,14-15,18-20H2,1-2H3,(H,34,35,36)/t25-/m1/s1. The van der Waals surface area contributed by atoms with Gasteiger partial charge in [-0.05, 0) is 87.2 Å². The first kappa shape index (κ1) is 27.1. The Morgan fingerprint density at radius 3 is 2.52 bits per heavy atom. The Balaban J connectivity index is 1.44. The van der Waals surface area contributed by atoms with Crippen LogP contribution in [-0.4, -0.2) is 46.1 Å². The van der Waals surface area contributed by atoms with E-state index >= 15 is 0 Å². The maximum absolute atomic E-state index is 14.2. The maximum Gasteiger partial charge on any atom is 0.254 e. The first-order valence-corrected chi connectivity index (χ1v) is 15.3. The predicted molar refractivity (Wildman–Crippen MR) is 157 cm³/mol. The molecule has 0 saturated heterocycles. The molecule has 2 heterocycles. The summed E-state index contributed by atoms with van der Waals surface area (Å²) in [4.78, 5) is 26.7. The third-order valence-corrected chi connectivity index (χ3v) is 9.48. The number of nitrogens with one attached hydrogen (secondary N) is 1. The van der Waals surface area contributed by atoms with Crippen molar-refractivity contribution in [3.63, 3.8) is 0 Å². The van der Waals surface area contributed by atoms with Gasteiger partial charge < -0.3 is 9.64 Å². The van der Waals surface area contributed by atoms with E-state index in [-0.39, 0.29) is 36.7 Å². The number of hydrogen-bond donors (Lipinski definition) is 1. The molecule has 4 bridgehead atoms. The minimum atomic E-state index is -0.361. The summed E-state index contributed by atoms with van der Waals surface area (Å²) in [7, 11) is 0. The topological polar surface area (TPSA) is 67.4 Å². The smallest absolute Gasteiger partial charge is 0.254 e. The number of rotatable bonds is 5. The van der Waals surface area contributed by atoms with Gasteiger partial charge in [-0.1, -0.05) is 43.5 Å². The van der Waals surface area contributed by atoms with Crippen molar-refractivity contribution < 1.29 is 13.9 Å². The zero-order chi connectivity index (χ0) is 27.7. The lowest BCUT2D eigenvalue weighted by Gasteiger charge is -2.41. The Kier molecular flexibility index (Phi) is 7.71. The molecule has 1 N–H and O–H groups in total. The second kappa shape index (κ2) is 11.4. The third-order valence-electron chi connectivity index (χ3n) is 8.71. The summed E-state index contributed by atoms with van der Waals surface area (Å²) in [5.74, 6) is 0.901. The number of alkyl halides is 1. The highest BCUT2D eigenvalue weighted by atomic mass is 32.2. The molecule has 8 heteroatoms. The van der Waals surface area contributed by atoms with Crippen LogP contribution in [0.15, 0.2) is 53.4 Å². The van der Waals surface area contributed by atoms with Crippen molar-refractivity contribution in [2.24, 2.45) is 5.41 Å². The monoisotopic (exact) mass is 560 g/mol. The third kappa shape index (κ3) is 5.69.